The maximum absolute atomic E-state index is 7.29. The molecule has 0 amide bonds. The van der Waals surface area contributed by atoms with Gasteiger partial charge >= 0.3 is 0 Å². The molecule has 0 aliphatic rings. The first-order valence-corrected chi connectivity index (χ1v) is 4.05. The van der Waals surface area contributed by atoms with Crippen LogP contribution in [0, 0.1) is 0 Å². The van der Waals surface area contributed by atoms with Gasteiger partial charge in [0.05, 0.1) is 5.69 Å². The van der Waals surface area contributed by atoms with Gasteiger partial charge in [0.15, 0.2) is 0 Å². The molecule has 1 N–H and O–H groups in total. The first kappa shape index (κ1) is 8.12. The van der Waals surface area contributed by atoms with Crippen LogP contribution in [-0.2, 0) is 0 Å². The topological polar surface area (TPSA) is 23.8 Å². The molecule has 0 aliphatic heterocycles. The van der Waals surface area contributed by atoms with Gasteiger partial charge in [0.25, 0.3) is 0 Å². The highest BCUT2D eigenvalue weighted by Crippen LogP contribution is 2.19. The maximum atomic E-state index is 7.29. The first-order valence-electron chi connectivity index (χ1n) is 4.05. The van der Waals surface area contributed by atoms with Crippen LogP contribution in [0.25, 0.3) is 0 Å². The highest BCUT2D eigenvalue weighted by atomic mass is 14.5. The Morgan fingerprint density at radius 3 is 2.27 bits per heavy atom. The predicted molar refractivity (Wildman–Crippen MR) is 47.9 cm³/mol. The monoisotopic (exact) mass is 148 g/mol. The van der Waals surface area contributed by atoms with Crippen molar-refractivity contribution >= 4 is 5.69 Å². The summed E-state index contributed by atoms with van der Waals surface area (Å²) in [5.41, 5.74) is 9.22. The molecule has 1 nitrogen and oxygen atoms in total. The summed E-state index contributed by atoms with van der Waals surface area (Å²) in [6.45, 7) is 4.39. The summed E-state index contributed by atoms with van der Waals surface area (Å²) < 4.78 is 0. The molecule has 11 heavy (non-hydrogen) atoms. The molecule has 1 aromatic carbocycles. The molecule has 0 aliphatic carbocycles. The number of rotatable bonds is 2. The average molecular weight is 148 g/mol. The molecule has 1 rings (SSSR count). The summed E-state index contributed by atoms with van der Waals surface area (Å²) >= 11 is 0. The van der Waals surface area contributed by atoms with Crippen molar-refractivity contribution in [3.63, 3.8) is 0 Å². The van der Waals surface area contributed by atoms with Gasteiger partial charge in [-0.3, -0.25) is 0 Å². The lowest BCUT2D eigenvalue weighted by Crippen LogP contribution is -1.89. The van der Waals surface area contributed by atoms with E-state index in [1.165, 1.54) is 5.56 Å². The second-order valence-electron chi connectivity index (χ2n) is 2.93. The normalized spacial score (nSPS) is 12.9. The van der Waals surface area contributed by atoms with E-state index in [0.717, 1.165) is 6.42 Å². The van der Waals surface area contributed by atoms with Crippen molar-refractivity contribution < 1.29 is 0 Å². The summed E-state index contributed by atoms with van der Waals surface area (Å²) in [7, 11) is 0. The van der Waals surface area contributed by atoms with Crippen LogP contribution in [0.2, 0.25) is 0 Å². The Labute approximate surface area is 68.2 Å². The zero-order chi connectivity index (χ0) is 8.27. The van der Waals surface area contributed by atoms with Crippen LogP contribution in [0.4, 0.5) is 5.69 Å². The standard InChI is InChI=1S/C10H14N/c1-3-8(2)9-4-6-10(11)7-5-9/h4-8,11H,3H2,1-2H3. The fourth-order valence-electron chi connectivity index (χ4n) is 1.05. The molecule has 0 fully saturated rings. The van der Waals surface area contributed by atoms with Crippen molar-refractivity contribution in [3.8, 4) is 0 Å². The van der Waals surface area contributed by atoms with Crippen LogP contribution < -0.4 is 5.73 Å². The maximum Gasteiger partial charge on any atom is 0.0540 e. The van der Waals surface area contributed by atoms with Gasteiger partial charge in [-0.15, -0.1) is 0 Å². The molecule has 0 spiro atoms. The zero-order valence-corrected chi connectivity index (χ0v) is 7.09. The smallest absolute Gasteiger partial charge is 0.0540 e. The molecular weight excluding hydrogens is 134 g/mol. The minimum Gasteiger partial charge on any atom is -0.301 e. The van der Waals surface area contributed by atoms with E-state index in [4.69, 9.17) is 5.73 Å². The van der Waals surface area contributed by atoms with Crippen molar-refractivity contribution in [1.29, 1.82) is 0 Å². The predicted octanol–water partition coefficient (Wildman–Crippen LogP) is 3.11. The third kappa shape index (κ3) is 1.97. The van der Waals surface area contributed by atoms with Crippen LogP contribution in [0.3, 0.4) is 0 Å². The molecule has 1 unspecified atom stereocenters. The summed E-state index contributed by atoms with van der Waals surface area (Å²) in [6, 6.07) is 7.77. The summed E-state index contributed by atoms with van der Waals surface area (Å²) in [4.78, 5) is 0. The van der Waals surface area contributed by atoms with E-state index in [9.17, 15) is 0 Å². The fourth-order valence-corrected chi connectivity index (χ4v) is 1.05. The first-order chi connectivity index (χ1) is 5.24. The molecule has 0 saturated carbocycles. The fraction of sp³-hybridized carbons (Fsp3) is 0.400. The van der Waals surface area contributed by atoms with Crippen molar-refractivity contribution in [1.82, 2.24) is 5.73 Å². The van der Waals surface area contributed by atoms with E-state index in [0.29, 0.717) is 11.6 Å². The summed E-state index contributed by atoms with van der Waals surface area (Å²) in [5.74, 6) is 0.621. The van der Waals surface area contributed by atoms with Crippen LogP contribution in [0.15, 0.2) is 24.3 Å². The second kappa shape index (κ2) is 3.42. The van der Waals surface area contributed by atoms with Crippen molar-refractivity contribution in [2.75, 3.05) is 0 Å². The summed E-state index contributed by atoms with van der Waals surface area (Å²) in [5, 5.41) is 0. The van der Waals surface area contributed by atoms with E-state index >= 15 is 0 Å². The van der Waals surface area contributed by atoms with Gasteiger partial charge in [0.2, 0.25) is 0 Å². The molecule has 1 heteroatoms. The highest BCUT2D eigenvalue weighted by Gasteiger charge is 2.00. The van der Waals surface area contributed by atoms with Crippen molar-refractivity contribution in [3.05, 3.63) is 29.8 Å². The highest BCUT2D eigenvalue weighted by molar-refractivity contribution is 5.36. The molecule has 1 aromatic rings. The average Bonchev–Trinajstić information content (AvgIpc) is 2.05. The second-order valence-corrected chi connectivity index (χ2v) is 2.93. The van der Waals surface area contributed by atoms with Gasteiger partial charge in [-0.25, -0.2) is 0 Å². The Kier molecular flexibility index (Phi) is 2.53. The molecule has 0 heterocycles. The molecule has 0 aromatic heterocycles. The largest absolute Gasteiger partial charge is 0.301 e. The molecule has 59 valence electrons. The van der Waals surface area contributed by atoms with Crippen molar-refractivity contribution in [2.45, 2.75) is 26.2 Å². The van der Waals surface area contributed by atoms with Gasteiger partial charge in [0.1, 0.15) is 0 Å². The third-order valence-electron chi connectivity index (χ3n) is 2.09. The summed E-state index contributed by atoms with van der Waals surface area (Å²) in [6.07, 6.45) is 1.16. The van der Waals surface area contributed by atoms with Gasteiger partial charge in [-0.2, -0.15) is 0 Å². The molecule has 1 radical (unpaired) electrons. The lowest BCUT2D eigenvalue weighted by molar-refractivity contribution is 0.734. The van der Waals surface area contributed by atoms with E-state index in [-0.39, 0.29) is 0 Å². The Morgan fingerprint density at radius 1 is 1.27 bits per heavy atom. The quantitative estimate of drug-likeness (QED) is 0.615. The van der Waals surface area contributed by atoms with E-state index in [1.54, 1.807) is 0 Å². The number of hydrogen-bond donors (Lipinski definition) is 0. The number of hydrogen-bond acceptors (Lipinski definition) is 0. The number of nitrogens with one attached hydrogen (secondary N) is 1. The lowest BCUT2D eigenvalue weighted by atomic mass is 9.99. The molecule has 1 atom stereocenters. The minimum absolute atomic E-state index is 0.594. The van der Waals surface area contributed by atoms with Gasteiger partial charge in [-0.1, -0.05) is 26.0 Å². The Hall–Kier alpha value is -0.980. The van der Waals surface area contributed by atoms with Crippen LogP contribution >= 0.6 is 0 Å². The van der Waals surface area contributed by atoms with Gasteiger partial charge < -0.3 is 5.73 Å². The molecular formula is C10H14N. The van der Waals surface area contributed by atoms with Crippen LogP contribution in [0.1, 0.15) is 31.7 Å². The van der Waals surface area contributed by atoms with E-state index in [1.807, 2.05) is 24.3 Å². The molecule has 0 bridgehead atoms. The third-order valence-corrected chi connectivity index (χ3v) is 2.09. The molecule has 0 saturated heterocycles. The van der Waals surface area contributed by atoms with Crippen LogP contribution in [-0.4, -0.2) is 0 Å². The van der Waals surface area contributed by atoms with E-state index < -0.39 is 0 Å². The van der Waals surface area contributed by atoms with E-state index in [2.05, 4.69) is 13.8 Å². The zero-order valence-electron chi connectivity index (χ0n) is 7.09. The van der Waals surface area contributed by atoms with Gasteiger partial charge in [-0.05, 0) is 30.0 Å². The van der Waals surface area contributed by atoms with Gasteiger partial charge in [0, 0.05) is 0 Å². The van der Waals surface area contributed by atoms with Crippen molar-refractivity contribution in [2.24, 2.45) is 0 Å². The Balaban J connectivity index is 2.81. The number of benzene rings is 1. The Bertz CT molecular complexity index is 213. The lowest BCUT2D eigenvalue weighted by Gasteiger charge is -2.07. The SMILES string of the molecule is CCC(C)c1ccc([NH])cc1. The minimum atomic E-state index is 0.594. The van der Waals surface area contributed by atoms with Crippen LogP contribution in [0.5, 0.6) is 0 Å². The Morgan fingerprint density at radius 2 is 1.82 bits per heavy atom.